The predicted molar refractivity (Wildman–Crippen MR) is 92.0 cm³/mol. The van der Waals surface area contributed by atoms with Gasteiger partial charge in [-0.15, -0.1) is 0 Å². The summed E-state index contributed by atoms with van der Waals surface area (Å²) in [6, 6.07) is 0. The smallest absolute Gasteiger partial charge is 0.0237 e. The molecule has 0 aromatic rings. The van der Waals surface area contributed by atoms with Crippen LogP contribution in [-0.4, -0.2) is 0 Å². The molecule has 0 N–H and O–H groups in total. The SMILES string of the molecule is CCCC=CCC1CC1(CCCCC)C(C)CC(C)C. The normalized spacial score (nSPS) is 27.4. The third kappa shape index (κ3) is 5.26. The van der Waals surface area contributed by atoms with E-state index in [9.17, 15) is 0 Å². The molecule has 1 fully saturated rings. The van der Waals surface area contributed by atoms with Crippen molar-refractivity contribution in [3.05, 3.63) is 12.2 Å². The summed E-state index contributed by atoms with van der Waals surface area (Å²) in [5.74, 6) is 2.76. The molecule has 0 aromatic heterocycles. The van der Waals surface area contributed by atoms with Gasteiger partial charge in [0.15, 0.2) is 0 Å². The molecule has 1 rings (SSSR count). The second-order valence-electron chi connectivity index (χ2n) is 7.62. The standard InChI is InChI=1S/C20H38/c1-6-8-10-11-13-19-16-20(19,14-12-9-7-2)18(5)15-17(3)4/h10-11,17-19H,6-9,12-16H2,1-5H3. The highest BCUT2D eigenvalue weighted by Gasteiger charge is 2.55. The summed E-state index contributed by atoms with van der Waals surface area (Å²) < 4.78 is 0. The quantitative estimate of drug-likeness (QED) is 0.282. The Kier molecular flexibility index (Phi) is 7.92. The van der Waals surface area contributed by atoms with Gasteiger partial charge < -0.3 is 0 Å². The Hall–Kier alpha value is -0.260. The molecule has 0 amide bonds. The predicted octanol–water partition coefficient (Wildman–Crippen LogP) is 7.00. The molecule has 118 valence electrons. The zero-order valence-corrected chi connectivity index (χ0v) is 14.8. The van der Waals surface area contributed by atoms with E-state index in [1.807, 2.05) is 0 Å². The van der Waals surface area contributed by atoms with Crippen LogP contribution in [-0.2, 0) is 0 Å². The van der Waals surface area contributed by atoms with Gasteiger partial charge in [-0.2, -0.15) is 0 Å². The average molecular weight is 279 g/mol. The van der Waals surface area contributed by atoms with Crippen molar-refractivity contribution < 1.29 is 0 Å². The van der Waals surface area contributed by atoms with Crippen LogP contribution in [0.15, 0.2) is 12.2 Å². The Morgan fingerprint density at radius 1 is 1.05 bits per heavy atom. The lowest BCUT2D eigenvalue weighted by atomic mass is 9.78. The van der Waals surface area contributed by atoms with Crippen molar-refractivity contribution in [3.8, 4) is 0 Å². The molecule has 1 saturated carbocycles. The summed E-state index contributed by atoms with van der Waals surface area (Å²) in [5.41, 5.74) is 0.704. The molecular formula is C20H38. The zero-order valence-electron chi connectivity index (χ0n) is 14.8. The fourth-order valence-electron chi connectivity index (χ4n) is 4.06. The van der Waals surface area contributed by atoms with Crippen molar-refractivity contribution >= 4 is 0 Å². The van der Waals surface area contributed by atoms with Crippen molar-refractivity contribution in [3.63, 3.8) is 0 Å². The highest BCUT2D eigenvalue weighted by molar-refractivity contribution is 5.07. The van der Waals surface area contributed by atoms with Crippen molar-refractivity contribution in [2.45, 2.75) is 92.4 Å². The monoisotopic (exact) mass is 278 g/mol. The molecular weight excluding hydrogens is 240 g/mol. The molecule has 3 atom stereocenters. The lowest BCUT2D eigenvalue weighted by Crippen LogP contribution is -2.18. The Morgan fingerprint density at radius 2 is 1.80 bits per heavy atom. The third-order valence-electron chi connectivity index (χ3n) is 5.37. The van der Waals surface area contributed by atoms with Gasteiger partial charge in [-0.1, -0.05) is 72.5 Å². The molecule has 1 aliphatic rings. The zero-order chi connectivity index (χ0) is 15.0. The van der Waals surface area contributed by atoms with Crippen molar-refractivity contribution in [1.82, 2.24) is 0 Å². The first-order chi connectivity index (χ1) is 9.56. The molecule has 0 saturated heterocycles. The second-order valence-corrected chi connectivity index (χ2v) is 7.62. The van der Waals surface area contributed by atoms with Crippen molar-refractivity contribution in [2.75, 3.05) is 0 Å². The molecule has 0 nitrogen and oxygen atoms in total. The fourth-order valence-corrected chi connectivity index (χ4v) is 4.06. The van der Waals surface area contributed by atoms with E-state index in [0.717, 1.165) is 17.8 Å². The first-order valence-corrected chi connectivity index (χ1v) is 9.21. The lowest BCUT2D eigenvalue weighted by molar-refractivity contribution is 0.235. The summed E-state index contributed by atoms with van der Waals surface area (Å²) >= 11 is 0. The number of hydrogen-bond acceptors (Lipinski definition) is 0. The maximum Gasteiger partial charge on any atom is -0.0237 e. The summed E-state index contributed by atoms with van der Waals surface area (Å²) in [7, 11) is 0. The van der Waals surface area contributed by atoms with E-state index < -0.39 is 0 Å². The Morgan fingerprint density at radius 3 is 2.40 bits per heavy atom. The average Bonchev–Trinajstić information content (AvgIpc) is 3.09. The molecule has 0 aromatic carbocycles. The maximum atomic E-state index is 2.53. The van der Waals surface area contributed by atoms with Crippen LogP contribution in [0.4, 0.5) is 0 Å². The van der Waals surface area contributed by atoms with Gasteiger partial charge in [-0.3, -0.25) is 0 Å². The van der Waals surface area contributed by atoms with Gasteiger partial charge in [-0.25, -0.2) is 0 Å². The van der Waals surface area contributed by atoms with Gasteiger partial charge in [0.05, 0.1) is 0 Å². The molecule has 0 radical (unpaired) electrons. The number of allylic oxidation sites excluding steroid dienone is 2. The molecule has 0 bridgehead atoms. The minimum absolute atomic E-state index is 0.704. The maximum absolute atomic E-state index is 2.53. The molecule has 3 unspecified atom stereocenters. The highest BCUT2D eigenvalue weighted by atomic mass is 14.6. The van der Waals surface area contributed by atoms with Gasteiger partial charge in [0, 0.05) is 0 Å². The number of unbranched alkanes of at least 4 members (excludes halogenated alkanes) is 3. The van der Waals surface area contributed by atoms with Crippen LogP contribution in [0.3, 0.4) is 0 Å². The molecule has 0 heterocycles. The largest absolute Gasteiger partial charge is 0.0885 e. The topological polar surface area (TPSA) is 0 Å². The summed E-state index contributed by atoms with van der Waals surface area (Å²) in [6.07, 6.45) is 17.4. The molecule has 1 aliphatic carbocycles. The van der Waals surface area contributed by atoms with Crippen molar-refractivity contribution in [1.29, 1.82) is 0 Å². The fraction of sp³-hybridized carbons (Fsp3) is 0.900. The van der Waals surface area contributed by atoms with E-state index in [1.165, 1.54) is 57.8 Å². The summed E-state index contributed by atoms with van der Waals surface area (Å²) in [6.45, 7) is 11.9. The van der Waals surface area contributed by atoms with E-state index in [1.54, 1.807) is 0 Å². The summed E-state index contributed by atoms with van der Waals surface area (Å²) in [4.78, 5) is 0. The molecule has 0 spiro atoms. The molecule has 0 aliphatic heterocycles. The Balaban J connectivity index is 2.50. The second kappa shape index (κ2) is 8.90. The van der Waals surface area contributed by atoms with E-state index in [-0.39, 0.29) is 0 Å². The number of hydrogen-bond donors (Lipinski definition) is 0. The van der Waals surface area contributed by atoms with E-state index in [2.05, 4.69) is 46.8 Å². The van der Waals surface area contributed by atoms with E-state index >= 15 is 0 Å². The van der Waals surface area contributed by atoms with Crippen LogP contribution in [0.1, 0.15) is 92.4 Å². The van der Waals surface area contributed by atoms with Crippen LogP contribution < -0.4 is 0 Å². The van der Waals surface area contributed by atoms with Crippen LogP contribution >= 0.6 is 0 Å². The van der Waals surface area contributed by atoms with E-state index in [4.69, 9.17) is 0 Å². The van der Waals surface area contributed by atoms with Crippen LogP contribution in [0, 0.1) is 23.2 Å². The van der Waals surface area contributed by atoms with Crippen LogP contribution in [0.25, 0.3) is 0 Å². The molecule has 20 heavy (non-hydrogen) atoms. The number of rotatable bonds is 11. The van der Waals surface area contributed by atoms with E-state index in [0.29, 0.717) is 5.41 Å². The summed E-state index contributed by atoms with van der Waals surface area (Å²) in [5, 5.41) is 0. The van der Waals surface area contributed by atoms with Crippen molar-refractivity contribution in [2.24, 2.45) is 23.2 Å². The first-order valence-electron chi connectivity index (χ1n) is 9.21. The molecule has 0 heteroatoms. The Labute approximate surface area is 128 Å². The first kappa shape index (κ1) is 17.8. The minimum atomic E-state index is 0.704. The third-order valence-corrected chi connectivity index (χ3v) is 5.37. The van der Waals surface area contributed by atoms with Gasteiger partial charge >= 0.3 is 0 Å². The van der Waals surface area contributed by atoms with Crippen LogP contribution in [0.5, 0.6) is 0 Å². The lowest BCUT2D eigenvalue weighted by Gasteiger charge is -2.27. The van der Waals surface area contributed by atoms with Crippen LogP contribution in [0.2, 0.25) is 0 Å². The van der Waals surface area contributed by atoms with Gasteiger partial charge in [0.2, 0.25) is 0 Å². The minimum Gasteiger partial charge on any atom is -0.0885 e. The Bertz CT molecular complexity index is 276. The van der Waals surface area contributed by atoms with Gasteiger partial charge in [0.1, 0.15) is 0 Å². The highest BCUT2D eigenvalue weighted by Crippen LogP contribution is 2.63. The van der Waals surface area contributed by atoms with Gasteiger partial charge in [0.25, 0.3) is 0 Å². The van der Waals surface area contributed by atoms with Gasteiger partial charge in [-0.05, 0) is 55.3 Å².